The molecule has 140 valence electrons. The fourth-order valence-corrected chi connectivity index (χ4v) is 3.64. The summed E-state index contributed by atoms with van der Waals surface area (Å²) in [4.78, 5) is 17.7. The zero-order chi connectivity index (χ0) is 19.8. The average Bonchev–Trinajstić information content (AvgIpc) is 2.99. The van der Waals surface area contributed by atoms with E-state index >= 15 is 0 Å². The number of rotatable bonds is 3. The van der Waals surface area contributed by atoms with Gasteiger partial charge < -0.3 is 5.32 Å². The lowest BCUT2D eigenvalue weighted by molar-refractivity contribution is 0.102. The fourth-order valence-electron chi connectivity index (χ4n) is 3.15. The van der Waals surface area contributed by atoms with Gasteiger partial charge in [0.05, 0.1) is 10.6 Å². The summed E-state index contributed by atoms with van der Waals surface area (Å²) >= 11 is 12.2. The van der Waals surface area contributed by atoms with Gasteiger partial charge in [0.25, 0.3) is 5.91 Å². The van der Waals surface area contributed by atoms with Crippen molar-refractivity contribution >= 4 is 40.6 Å². The van der Waals surface area contributed by atoms with Gasteiger partial charge in [0.1, 0.15) is 17.2 Å². The van der Waals surface area contributed by atoms with Crippen molar-refractivity contribution in [3.05, 3.63) is 87.5 Å². The zero-order valence-electron chi connectivity index (χ0n) is 15.3. The van der Waals surface area contributed by atoms with Gasteiger partial charge in [-0.1, -0.05) is 53.5 Å². The second kappa shape index (κ2) is 7.30. The maximum atomic E-state index is 13.0. The predicted molar refractivity (Wildman–Crippen MR) is 115 cm³/mol. The summed E-state index contributed by atoms with van der Waals surface area (Å²) in [6.45, 7) is 4.01. The zero-order valence-corrected chi connectivity index (χ0v) is 16.8. The molecule has 1 amide bonds. The molecule has 4 nitrogen and oxygen atoms in total. The van der Waals surface area contributed by atoms with Crippen LogP contribution in [0.2, 0.25) is 10.0 Å². The first kappa shape index (κ1) is 18.5. The second-order valence-corrected chi connectivity index (χ2v) is 7.48. The monoisotopic (exact) mass is 409 g/mol. The molecule has 6 heteroatoms. The third kappa shape index (κ3) is 3.37. The standard InChI is InChI=1S/C22H17Cl2N3O/c1-13-7-10-19-25-20(16-6-4-3-5-14(16)2)21(27(19)12-13)26-22(28)17-9-8-15(23)11-18(17)24/h3-12H,1-2H3,(H,26,28). The van der Waals surface area contributed by atoms with Crippen molar-refractivity contribution in [2.45, 2.75) is 13.8 Å². The number of halogens is 2. The van der Waals surface area contributed by atoms with Gasteiger partial charge >= 0.3 is 0 Å². The molecule has 0 unspecified atom stereocenters. The van der Waals surface area contributed by atoms with Crippen molar-refractivity contribution in [1.29, 1.82) is 0 Å². The molecule has 0 aliphatic carbocycles. The van der Waals surface area contributed by atoms with Gasteiger partial charge in [-0.25, -0.2) is 4.98 Å². The Hall–Kier alpha value is -2.82. The Morgan fingerprint density at radius 3 is 2.57 bits per heavy atom. The minimum atomic E-state index is -0.320. The van der Waals surface area contributed by atoms with Gasteiger partial charge in [-0.3, -0.25) is 9.20 Å². The van der Waals surface area contributed by atoms with Crippen LogP contribution in [-0.4, -0.2) is 15.3 Å². The first-order chi connectivity index (χ1) is 13.4. The Labute approximate surface area is 172 Å². The van der Waals surface area contributed by atoms with Gasteiger partial charge in [-0.15, -0.1) is 0 Å². The minimum absolute atomic E-state index is 0.299. The molecule has 28 heavy (non-hydrogen) atoms. The normalized spacial score (nSPS) is 11.0. The van der Waals surface area contributed by atoms with E-state index in [2.05, 4.69) is 5.32 Å². The molecule has 1 N–H and O–H groups in total. The number of nitrogens with one attached hydrogen (secondary N) is 1. The quantitative estimate of drug-likeness (QED) is 0.439. The molecule has 0 aliphatic rings. The highest BCUT2D eigenvalue weighted by molar-refractivity contribution is 6.37. The number of anilines is 1. The molecular formula is C22H17Cl2N3O. The summed E-state index contributed by atoms with van der Waals surface area (Å²) in [6.07, 6.45) is 1.95. The smallest absolute Gasteiger partial charge is 0.258 e. The van der Waals surface area contributed by atoms with E-state index in [0.717, 1.165) is 22.3 Å². The number of aryl methyl sites for hydroxylation is 2. The molecule has 2 aromatic carbocycles. The third-order valence-corrected chi connectivity index (χ3v) is 5.12. The molecule has 2 aromatic heterocycles. The van der Waals surface area contributed by atoms with Gasteiger partial charge in [0.2, 0.25) is 0 Å². The van der Waals surface area contributed by atoms with Crippen LogP contribution in [0.4, 0.5) is 5.82 Å². The van der Waals surface area contributed by atoms with Gasteiger partial charge in [-0.05, 0) is 49.2 Å². The van der Waals surface area contributed by atoms with E-state index in [9.17, 15) is 4.79 Å². The number of benzene rings is 2. The molecule has 0 saturated carbocycles. The first-order valence-corrected chi connectivity index (χ1v) is 9.51. The molecule has 2 heterocycles. The van der Waals surface area contributed by atoms with Crippen molar-refractivity contribution in [2.24, 2.45) is 0 Å². The predicted octanol–water partition coefficient (Wildman–Crippen LogP) is 6.18. The highest BCUT2D eigenvalue weighted by Crippen LogP contribution is 2.32. The van der Waals surface area contributed by atoms with E-state index < -0.39 is 0 Å². The van der Waals surface area contributed by atoms with Crippen molar-refractivity contribution in [2.75, 3.05) is 5.32 Å². The SMILES string of the molecule is Cc1ccc2nc(-c3ccccc3C)c(NC(=O)c3ccc(Cl)cc3Cl)n2c1. The highest BCUT2D eigenvalue weighted by atomic mass is 35.5. The van der Waals surface area contributed by atoms with Gasteiger partial charge in [0, 0.05) is 16.8 Å². The van der Waals surface area contributed by atoms with Crippen LogP contribution in [0.3, 0.4) is 0 Å². The number of aromatic nitrogens is 2. The molecule has 0 atom stereocenters. The molecule has 0 fully saturated rings. The number of amides is 1. The summed E-state index contributed by atoms with van der Waals surface area (Å²) in [5.74, 6) is 0.281. The summed E-state index contributed by atoms with van der Waals surface area (Å²) in [5, 5.41) is 3.77. The molecule has 0 aliphatic heterocycles. The Kier molecular flexibility index (Phi) is 4.84. The molecule has 0 bridgehead atoms. The van der Waals surface area contributed by atoms with Crippen molar-refractivity contribution in [3.63, 3.8) is 0 Å². The summed E-state index contributed by atoms with van der Waals surface area (Å²) in [6, 6.07) is 16.7. The maximum absolute atomic E-state index is 13.0. The number of carbonyl (C=O) groups excluding carboxylic acids is 1. The van der Waals surface area contributed by atoms with Crippen LogP contribution in [0, 0.1) is 13.8 Å². The Morgan fingerprint density at radius 2 is 1.82 bits per heavy atom. The number of hydrogen-bond acceptors (Lipinski definition) is 2. The second-order valence-electron chi connectivity index (χ2n) is 6.64. The number of imidazole rings is 1. The van der Waals surface area contributed by atoms with E-state index in [-0.39, 0.29) is 5.91 Å². The van der Waals surface area contributed by atoms with E-state index in [1.54, 1.807) is 18.2 Å². The number of pyridine rings is 1. The molecule has 4 rings (SSSR count). The summed E-state index contributed by atoms with van der Waals surface area (Å²) in [7, 11) is 0. The number of fused-ring (bicyclic) bond motifs is 1. The van der Waals surface area contributed by atoms with E-state index in [1.807, 2.05) is 60.8 Å². The lowest BCUT2D eigenvalue weighted by Crippen LogP contribution is -2.14. The fraction of sp³-hybridized carbons (Fsp3) is 0.0909. The first-order valence-electron chi connectivity index (χ1n) is 8.75. The topological polar surface area (TPSA) is 46.4 Å². The largest absolute Gasteiger partial charge is 0.306 e. The minimum Gasteiger partial charge on any atom is -0.306 e. The van der Waals surface area contributed by atoms with Crippen LogP contribution >= 0.6 is 23.2 Å². The number of carbonyl (C=O) groups is 1. The van der Waals surface area contributed by atoms with Crippen LogP contribution < -0.4 is 5.32 Å². The molecule has 0 radical (unpaired) electrons. The number of nitrogens with zero attached hydrogens (tertiary/aromatic N) is 2. The van der Waals surface area contributed by atoms with Crippen LogP contribution in [0.15, 0.2) is 60.8 Å². The summed E-state index contributed by atoms with van der Waals surface area (Å²) < 4.78 is 1.89. The highest BCUT2D eigenvalue weighted by Gasteiger charge is 2.19. The van der Waals surface area contributed by atoms with Crippen LogP contribution in [0.5, 0.6) is 0 Å². The summed E-state index contributed by atoms with van der Waals surface area (Å²) in [5.41, 5.74) is 4.90. The lowest BCUT2D eigenvalue weighted by Gasteiger charge is -2.10. The van der Waals surface area contributed by atoms with Crippen molar-refractivity contribution < 1.29 is 4.79 Å². The Morgan fingerprint density at radius 1 is 1.04 bits per heavy atom. The van der Waals surface area contributed by atoms with E-state index in [0.29, 0.717) is 27.1 Å². The lowest BCUT2D eigenvalue weighted by atomic mass is 10.1. The average molecular weight is 410 g/mol. The number of hydrogen-bond donors (Lipinski definition) is 1. The van der Waals surface area contributed by atoms with E-state index in [4.69, 9.17) is 28.2 Å². The Balaban J connectivity index is 1.87. The Bertz CT molecular complexity index is 1210. The third-order valence-electron chi connectivity index (χ3n) is 4.57. The van der Waals surface area contributed by atoms with Gasteiger partial charge in [0.15, 0.2) is 0 Å². The van der Waals surface area contributed by atoms with Crippen LogP contribution in [0.25, 0.3) is 16.9 Å². The van der Waals surface area contributed by atoms with E-state index in [1.165, 1.54) is 0 Å². The molecule has 4 aromatic rings. The molecular weight excluding hydrogens is 393 g/mol. The molecule has 0 spiro atoms. The molecule has 0 saturated heterocycles. The maximum Gasteiger partial charge on any atom is 0.258 e. The van der Waals surface area contributed by atoms with Crippen LogP contribution in [-0.2, 0) is 0 Å². The van der Waals surface area contributed by atoms with Gasteiger partial charge in [-0.2, -0.15) is 0 Å². The van der Waals surface area contributed by atoms with Crippen molar-refractivity contribution in [3.8, 4) is 11.3 Å². The van der Waals surface area contributed by atoms with Crippen LogP contribution in [0.1, 0.15) is 21.5 Å². The van der Waals surface area contributed by atoms with Crippen molar-refractivity contribution in [1.82, 2.24) is 9.38 Å².